The molecule has 0 radical (unpaired) electrons. The van der Waals surface area contributed by atoms with Gasteiger partial charge >= 0.3 is 6.03 Å². The summed E-state index contributed by atoms with van der Waals surface area (Å²) < 4.78 is 0. The second-order valence-corrected chi connectivity index (χ2v) is 6.65. The van der Waals surface area contributed by atoms with E-state index < -0.39 is 17.6 Å². The highest BCUT2D eigenvalue weighted by Gasteiger charge is 2.21. The van der Waals surface area contributed by atoms with Gasteiger partial charge in [-0.1, -0.05) is 0 Å². The van der Waals surface area contributed by atoms with E-state index in [9.17, 15) is 9.59 Å². The average Bonchev–Trinajstić information content (AvgIpc) is 2.50. The Morgan fingerprint density at radius 1 is 1.00 bits per heavy atom. The molecule has 0 unspecified atom stereocenters. The van der Waals surface area contributed by atoms with E-state index in [0.717, 1.165) is 0 Å². The molecular formula is C16H22N6O2. The van der Waals surface area contributed by atoms with Crippen molar-refractivity contribution < 1.29 is 9.59 Å². The average molecular weight is 330 g/mol. The number of carbonyl (C=O) groups excluding carboxylic acids is 2. The van der Waals surface area contributed by atoms with E-state index in [0.29, 0.717) is 11.1 Å². The zero-order chi connectivity index (χ0) is 18.4. The lowest BCUT2D eigenvalue weighted by Gasteiger charge is -2.22. The number of nitriles is 1. The molecule has 0 spiro atoms. The van der Waals surface area contributed by atoms with Crippen molar-refractivity contribution in [3.05, 3.63) is 35.4 Å². The van der Waals surface area contributed by atoms with Crippen molar-refractivity contribution in [2.45, 2.75) is 45.8 Å². The topological polar surface area (TPSA) is 119 Å². The van der Waals surface area contributed by atoms with Gasteiger partial charge in [-0.3, -0.25) is 10.2 Å². The van der Waals surface area contributed by atoms with Crippen LogP contribution in [0.3, 0.4) is 0 Å². The van der Waals surface area contributed by atoms with Crippen LogP contribution in [-0.4, -0.2) is 23.1 Å². The molecule has 128 valence electrons. The quantitative estimate of drug-likeness (QED) is 0.583. The third kappa shape index (κ3) is 6.87. The van der Waals surface area contributed by atoms with Crippen LogP contribution in [0.5, 0.6) is 0 Å². The Morgan fingerprint density at radius 2 is 1.58 bits per heavy atom. The second kappa shape index (κ2) is 7.55. The number of amides is 3. The molecule has 0 aliphatic heterocycles. The summed E-state index contributed by atoms with van der Waals surface area (Å²) in [6.07, 6.45) is 0. The molecule has 8 nitrogen and oxygen atoms in total. The van der Waals surface area contributed by atoms with Crippen LogP contribution in [0.4, 0.5) is 4.79 Å². The summed E-state index contributed by atoms with van der Waals surface area (Å²) >= 11 is 0. The largest absolute Gasteiger partial charge is 0.335 e. The maximum atomic E-state index is 11.9. The van der Waals surface area contributed by atoms with Crippen molar-refractivity contribution in [1.29, 1.82) is 5.26 Å². The molecule has 0 aromatic heterocycles. The lowest BCUT2D eigenvalue weighted by Crippen LogP contribution is -2.52. The molecule has 0 aliphatic rings. The minimum absolute atomic E-state index is 0.320. The van der Waals surface area contributed by atoms with Gasteiger partial charge in [-0.05, 0) is 58.9 Å². The van der Waals surface area contributed by atoms with Crippen molar-refractivity contribution in [3.8, 4) is 6.07 Å². The van der Waals surface area contributed by atoms with Crippen LogP contribution >= 0.6 is 0 Å². The molecule has 0 saturated carbocycles. The highest BCUT2D eigenvalue weighted by Crippen LogP contribution is 2.12. The molecule has 3 amide bonds. The van der Waals surface area contributed by atoms with E-state index in [1.807, 2.05) is 26.8 Å². The van der Waals surface area contributed by atoms with E-state index in [2.05, 4.69) is 26.4 Å². The van der Waals surface area contributed by atoms with Gasteiger partial charge in [0, 0.05) is 5.56 Å². The number of hydrogen-bond acceptors (Lipinski definition) is 5. The Morgan fingerprint density at radius 3 is 2.08 bits per heavy atom. The van der Waals surface area contributed by atoms with Crippen molar-refractivity contribution >= 4 is 11.9 Å². The van der Waals surface area contributed by atoms with Crippen molar-refractivity contribution in [2.75, 3.05) is 0 Å². The Hall–Kier alpha value is -2.95. The van der Waals surface area contributed by atoms with Crippen molar-refractivity contribution in [2.24, 2.45) is 10.2 Å². The van der Waals surface area contributed by atoms with Gasteiger partial charge in [-0.2, -0.15) is 15.5 Å². The maximum absolute atomic E-state index is 11.9. The van der Waals surface area contributed by atoms with Crippen LogP contribution in [0.25, 0.3) is 0 Å². The van der Waals surface area contributed by atoms with E-state index >= 15 is 0 Å². The molecule has 0 aliphatic carbocycles. The van der Waals surface area contributed by atoms with E-state index in [4.69, 9.17) is 5.26 Å². The first-order chi connectivity index (χ1) is 11.0. The fraction of sp³-hybridized carbons (Fsp3) is 0.438. The van der Waals surface area contributed by atoms with Crippen LogP contribution in [-0.2, 0) is 0 Å². The Bertz CT molecular complexity index is 665. The minimum atomic E-state index is -0.920. The maximum Gasteiger partial charge on any atom is 0.335 e. The van der Waals surface area contributed by atoms with Gasteiger partial charge in [0.2, 0.25) is 0 Å². The molecule has 0 bridgehead atoms. The van der Waals surface area contributed by atoms with Crippen molar-refractivity contribution in [3.63, 3.8) is 0 Å². The zero-order valence-electron chi connectivity index (χ0n) is 14.5. The lowest BCUT2D eigenvalue weighted by molar-refractivity contribution is 0.0935. The first-order valence-corrected chi connectivity index (χ1v) is 7.35. The standard InChI is InChI=1S/C16H22N6O2/c1-15(2,3)21-22-16(4,5)18-14(24)20-19-13(23)12-8-6-11(10-17)7-9-12/h6-9H,1-5H3,(H,19,23)(H2,18,20,24)/b22-21+. The number of nitrogens with zero attached hydrogens (tertiary/aromatic N) is 3. The van der Waals surface area contributed by atoms with Gasteiger partial charge in [0.15, 0.2) is 0 Å². The predicted molar refractivity (Wildman–Crippen MR) is 89.0 cm³/mol. The molecule has 3 N–H and O–H groups in total. The minimum Gasteiger partial charge on any atom is -0.311 e. The summed E-state index contributed by atoms with van der Waals surface area (Å²) in [5, 5.41) is 19.5. The predicted octanol–water partition coefficient (Wildman–Crippen LogP) is 2.49. The Balaban J connectivity index is 2.54. The Labute approximate surface area is 141 Å². The number of hydrazine groups is 1. The van der Waals surface area contributed by atoms with Crippen molar-refractivity contribution in [1.82, 2.24) is 16.2 Å². The molecule has 0 atom stereocenters. The molecule has 1 rings (SSSR count). The third-order valence-electron chi connectivity index (χ3n) is 2.59. The summed E-state index contributed by atoms with van der Waals surface area (Å²) in [4.78, 5) is 23.7. The normalized spacial score (nSPS) is 11.7. The summed E-state index contributed by atoms with van der Waals surface area (Å²) in [5.41, 5.74) is 4.02. The van der Waals surface area contributed by atoms with E-state index in [1.54, 1.807) is 13.8 Å². The highest BCUT2D eigenvalue weighted by atomic mass is 16.2. The van der Waals surface area contributed by atoms with Gasteiger partial charge in [0.05, 0.1) is 17.2 Å². The van der Waals surface area contributed by atoms with Gasteiger partial charge < -0.3 is 5.32 Å². The first kappa shape index (κ1) is 19.1. The molecule has 1 aromatic rings. The number of urea groups is 1. The summed E-state index contributed by atoms with van der Waals surface area (Å²) in [7, 11) is 0. The number of hydrogen-bond donors (Lipinski definition) is 3. The fourth-order valence-electron chi connectivity index (χ4n) is 1.49. The number of rotatable bonds is 3. The molecule has 0 fully saturated rings. The molecular weight excluding hydrogens is 308 g/mol. The number of azo groups is 1. The van der Waals surface area contributed by atoms with Crippen LogP contribution < -0.4 is 16.2 Å². The van der Waals surface area contributed by atoms with Gasteiger partial charge in [0.25, 0.3) is 5.91 Å². The summed E-state index contributed by atoms with van der Waals surface area (Å²) in [6.45, 7) is 9.05. The SMILES string of the molecule is CC(C)(C)/N=N/C(C)(C)NC(=O)NNC(=O)c1ccc(C#N)cc1. The molecule has 0 heterocycles. The number of carbonyl (C=O) groups is 2. The van der Waals surface area contributed by atoms with E-state index in [1.165, 1.54) is 24.3 Å². The number of benzene rings is 1. The zero-order valence-corrected chi connectivity index (χ0v) is 14.5. The smallest absolute Gasteiger partial charge is 0.311 e. The van der Waals surface area contributed by atoms with Crippen LogP contribution in [0.1, 0.15) is 50.5 Å². The van der Waals surface area contributed by atoms with Crippen LogP contribution in [0.2, 0.25) is 0 Å². The third-order valence-corrected chi connectivity index (χ3v) is 2.59. The van der Waals surface area contributed by atoms with Gasteiger partial charge in [-0.15, -0.1) is 0 Å². The molecule has 24 heavy (non-hydrogen) atoms. The monoisotopic (exact) mass is 330 g/mol. The summed E-state index contributed by atoms with van der Waals surface area (Å²) in [5.74, 6) is -0.497. The molecule has 8 heteroatoms. The first-order valence-electron chi connectivity index (χ1n) is 7.35. The van der Waals surface area contributed by atoms with E-state index in [-0.39, 0.29) is 5.54 Å². The van der Waals surface area contributed by atoms with Crippen LogP contribution in [0, 0.1) is 11.3 Å². The van der Waals surface area contributed by atoms with Crippen LogP contribution in [0.15, 0.2) is 34.5 Å². The Kier molecular flexibility index (Phi) is 6.01. The second-order valence-electron chi connectivity index (χ2n) is 6.65. The lowest BCUT2D eigenvalue weighted by atomic mass is 10.1. The van der Waals surface area contributed by atoms with Gasteiger partial charge in [0.1, 0.15) is 5.66 Å². The molecule has 1 aromatic carbocycles. The summed E-state index contributed by atoms with van der Waals surface area (Å²) in [6, 6.07) is 7.37. The molecule has 0 saturated heterocycles. The van der Waals surface area contributed by atoms with Gasteiger partial charge in [-0.25, -0.2) is 10.2 Å². The fourth-order valence-corrected chi connectivity index (χ4v) is 1.49. The highest BCUT2D eigenvalue weighted by molar-refractivity contribution is 5.95. The number of nitrogens with one attached hydrogen (secondary N) is 3.